The molecule has 0 saturated carbocycles. The van der Waals surface area contributed by atoms with Crippen molar-refractivity contribution in [1.29, 1.82) is 0 Å². The van der Waals surface area contributed by atoms with E-state index in [0.717, 1.165) is 0 Å². The first kappa shape index (κ1) is 12.0. The molecule has 1 unspecified atom stereocenters. The van der Waals surface area contributed by atoms with E-state index < -0.39 is 5.60 Å². The number of Topliss-reactive ketones (excluding diaryl/α,β-unsaturated/α-hetero) is 1. The maximum atomic E-state index is 11.8. The van der Waals surface area contributed by atoms with Crippen molar-refractivity contribution in [3.8, 4) is 0 Å². The van der Waals surface area contributed by atoms with Gasteiger partial charge in [-0.25, -0.2) is 0 Å². The summed E-state index contributed by atoms with van der Waals surface area (Å²) in [6, 6.07) is 0. The van der Waals surface area contributed by atoms with E-state index in [-0.39, 0.29) is 5.78 Å². The maximum Gasteiger partial charge on any atom is 0.201 e. The van der Waals surface area contributed by atoms with Gasteiger partial charge in [0.1, 0.15) is 5.76 Å². The molecule has 1 aliphatic rings. The van der Waals surface area contributed by atoms with Crippen LogP contribution in [0.15, 0.2) is 24.0 Å². The van der Waals surface area contributed by atoms with Gasteiger partial charge in [-0.15, -0.1) is 6.58 Å². The molecule has 3 heteroatoms. The second kappa shape index (κ2) is 4.62. The molecule has 0 radical (unpaired) electrons. The van der Waals surface area contributed by atoms with Crippen LogP contribution in [0, 0.1) is 0 Å². The van der Waals surface area contributed by atoms with E-state index in [2.05, 4.69) is 6.58 Å². The molecule has 84 valence electrons. The van der Waals surface area contributed by atoms with Crippen molar-refractivity contribution in [2.75, 3.05) is 13.2 Å². The summed E-state index contributed by atoms with van der Waals surface area (Å²) in [5.74, 6) is 0.699. The maximum absolute atomic E-state index is 11.8. The third-order valence-electron chi connectivity index (χ3n) is 2.53. The molecule has 0 bridgehead atoms. The molecule has 0 aliphatic heterocycles. The van der Waals surface area contributed by atoms with Crippen LogP contribution >= 0.6 is 0 Å². The minimum Gasteiger partial charge on any atom is -0.494 e. The Kier molecular flexibility index (Phi) is 3.69. The molecule has 15 heavy (non-hydrogen) atoms. The lowest BCUT2D eigenvalue weighted by Crippen LogP contribution is -2.53. The second-order valence-electron chi connectivity index (χ2n) is 3.47. The van der Waals surface area contributed by atoms with Gasteiger partial charge in [0, 0.05) is 18.6 Å². The first-order valence-corrected chi connectivity index (χ1v) is 5.27. The van der Waals surface area contributed by atoms with Crippen molar-refractivity contribution >= 4 is 5.78 Å². The molecule has 0 aromatic rings. The van der Waals surface area contributed by atoms with Gasteiger partial charge in [-0.05, 0) is 20.8 Å². The first-order valence-electron chi connectivity index (χ1n) is 5.27. The molecule has 0 heterocycles. The number of carbonyl (C=O) groups is 1. The van der Waals surface area contributed by atoms with E-state index in [1.54, 1.807) is 13.0 Å². The minimum atomic E-state index is -0.878. The topological polar surface area (TPSA) is 35.5 Å². The van der Waals surface area contributed by atoms with Crippen molar-refractivity contribution < 1.29 is 14.3 Å². The SMILES string of the molecule is C=CCC1(OCC)C(=O)C(C)=C1OCC. The Morgan fingerprint density at radius 2 is 2.07 bits per heavy atom. The fraction of sp³-hybridized carbons (Fsp3) is 0.583. The van der Waals surface area contributed by atoms with Gasteiger partial charge in [-0.1, -0.05) is 6.08 Å². The predicted molar refractivity (Wildman–Crippen MR) is 58.5 cm³/mol. The lowest BCUT2D eigenvalue weighted by atomic mass is 9.76. The number of carbonyl (C=O) groups excluding carboxylic acids is 1. The van der Waals surface area contributed by atoms with Crippen LogP contribution in [-0.2, 0) is 14.3 Å². The van der Waals surface area contributed by atoms with Gasteiger partial charge in [0.05, 0.1) is 6.61 Å². The highest BCUT2D eigenvalue weighted by Gasteiger charge is 2.54. The van der Waals surface area contributed by atoms with Crippen LogP contribution in [0.5, 0.6) is 0 Å². The van der Waals surface area contributed by atoms with Crippen LogP contribution in [0.25, 0.3) is 0 Å². The van der Waals surface area contributed by atoms with E-state index in [4.69, 9.17) is 9.47 Å². The third kappa shape index (κ3) is 1.72. The molecule has 0 fully saturated rings. The zero-order valence-corrected chi connectivity index (χ0v) is 9.63. The number of ether oxygens (including phenoxy) is 2. The van der Waals surface area contributed by atoms with E-state index >= 15 is 0 Å². The average molecular weight is 210 g/mol. The Balaban J connectivity index is 2.98. The van der Waals surface area contributed by atoms with Crippen LogP contribution in [0.4, 0.5) is 0 Å². The van der Waals surface area contributed by atoms with E-state index in [1.165, 1.54) is 0 Å². The van der Waals surface area contributed by atoms with Crippen LogP contribution in [-0.4, -0.2) is 24.6 Å². The fourth-order valence-electron chi connectivity index (χ4n) is 1.94. The van der Waals surface area contributed by atoms with Gasteiger partial charge >= 0.3 is 0 Å². The van der Waals surface area contributed by atoms with Crippen LogP contribution in [0.1, 0.15) is 27.2 Å². The summed E-state index contributed by atoms with van der Waals surface area (Å²) in [4.78, 5) is 11.8. The molecule has 3 nitrogen and oxygen atoms in total. The highest BCUT2D eigenvalue weighted by molar-refractivity contribution is 6.11. The molecule has 1 aliphatic carbocycles. The molecule has 1 rings (SSSR count). The van der Waals surface area contributed by atoms with Gasteiger partial charge in [0.15, 0.2) is 5.60 Å². The highest BCUT2D eigenvalue weighted by atomic mass is 16.6. The summed E-state index contributed by atoms with van der Waals surface area (Å²) >= 11 is 0. The van der Waals surface area contributed by atoms with Gasteiger partial charge in [-0.2, -0.15) is 0 Å². The van der Waals surface area contributed by atoms with Gasteiger partial charge < -0.3 is 9.47 Å². The Labute approximate surface area is 90.8 Å². The van der Waals surface area contributed by atoms with Crippen molar-refractivity contribution in [2.45, 2.75) is 32.8 Å². The summed E-state index contributed by atoms with van der Waals surface area (Å²) in [6.45, 7) is 10.2. The Hall–Kier alpha value is -1.09. The standard InChI is InChI=1S/C12H18O3/c1-5-8-12(15-7-3)10(13)9(4)11(12)14-6-2/h5H,1,6-8H2,2-4H3. The zero-order valence-electron chi connectivity index (χ0n) is 9.63. The Morgan fingerprint density at radius 1 is 1.40 bits per heavy atom. The number of hydrogen-bond acceptors (Lipinski definition) is 3. The molecule has 0 N–H and O–H groups in total. The molecule has 0 aromatic heterocycles. The van der Waals surface area contributed by atoms with Crippen LogP contribution < -0.4 is 0 Å². The smallest absolute Gasteiger partial charge is 0.201 e. The van der Waals surface area contributed by atoms with Crippen LogP contribution in [0.3, 0.4) is 0 Å². The monoisotopic (exact) mass is 210 g/mol. The predicted octanol–water partition coefficient (Wildman–Crippen LogP) is 2.23. The molecular weight excluding hydrogens is 192 g/mol. The minimum absolute atomic E-state index is 0.0210. The van der Waals surface area contributed by atoms with Gasteiger partial charge in [-0.3, -0.25) is 4.79 Å². The fourth-order valence-corrected chi connectivity index (χ4v) is 1.94. The Morgan fingerprint density at radius 3 is 2.53 bits per heavy atom. The molecule has 0 amide bonds. The zero-order chi connectivity index (χ0) is 11.5. The van der Waals surface area contributed by atoms with Crippen molar-refractivity contribution in [2.24, 2.45) is 0 Å². The van der Waals surface area contributed by atoms with Crippen molar-refractivity contribution in [1.82, 2.24) is 0 Å². The number of ketones is 1. The third-order valence-corrected chi connectivity index (χ3v) is 2.53. The number of rotatable bonds is 6. The lowest BCUT2D eigenvalue weighted by molar-refractivity contribution is -0.147. The summed E-state index contributed by atoms with van der Waals surface area (Å²) in [5, 5.41) is 0. The van der Waals surface area contributed by atoms with Gasteiger partial charge in [0.25, 0.3) is 0 Å². The van der Waals surface area contributed by atoms with E-state index in [9.17, 15) is 4.79 Å². The number of hydrogen-bond donors (Lipinski definition) is 0. The van der Waals surface area contributed by atoms with Gasteiger partial charge in [0.2, 0.25) is 5.78 Å². The molecule has 0 aromatic carbocycles. The quantitative estimate of drug-likeness (QED) is 0.631. The first-order chi connectivity index (χ1) is 7.14. The van der Waals surface area contributed by atoms with E-state index in [0.29, 0.717) is 31.0 Å². The summed E-state index contributed by atoms with van der Waals surface area (Å²) in [5.41, 5.74) is -0.205. The summed E-state index contributed by atoms with van der Waals surface area (Å²) in [6.07, 6.45) is 2.17. The molecule has 0 spiro atoms. The molecule has 1 atom stereocenters. The van der Waals surface area contributed by atoms with E-state index in [1.807, 2.05) is 13.8 Å². The summed E-state index contributed by atoms with van der Waals surface area (Å²) < 4.78 is 11.0. The highest BCUT2D eigenvalue weighted by Crippen LogP contribution is 2.41. The Bertz CT molecular complexity index is 304. The molecular formula is C12H18O3. The molecule has 0 saturated heterocycles. The lowest BCUT2D eigenvalue weighted by Gasteiger charge is -2.41. The van der Waals surface area contributed by atoms with Crippen molar-refractivity contribution in [3.05, 3.63) is 24.0 Å². The normalized spacial score (nSPS) is 25.1. The van der Waals surface area contributed by atoms with Crippen molar-refractivity contribution in [3.63, 3.8) is 0 Å². The average Bonchev–Trinajstić information content (AvgIpc) is 2.24. The van der Waals surface area contributed by atoms with Crippen LogP contribution in [0.2, 0.25) is 0 Å². The summed E-state index contributed by atoms with van der Waals surface area (Å²) in [7, 11) is 0. The largest absolute Gasteiger partial charge is 0.494 e. The second-order valence-corrected chi connectivity index (χ2v) is 3.47.